The molecule has 0 bridgehead atoms. The minimum atomic E-state index is -0.343. The Morgan fingerprint density at radius 1 is 1.38 bits per heavy atom. The third kappa shape index (κ3) is 2.64. The molecule has 1 atom stereocenters. The highest BCUT2D eigenvalue weighted by Gasteiger charge is 2.30. The molecule has 2 aromatic rings. The SMILES string of the molecule is O=C(c1cnn(-c2ccc(F)cc2)n1)N1CCC[C@H]1CO. The number of benzene rings is 1. The van der Waals surface area contributed by atoms with E-state index in [0.29, 0.717) is 12.2 Å². The molecule has 0 radical (unpaired) electrons. The van der Waals surface area contributed by atoms with Gasteiger partial charge in [-0.3, -0.25) is 4.79 Å². The normalized spacial score (nSPS) is 18.2. The number of rotatable bonds is 3. The van der Waals surface area contributed by atoms with Crippen LogP contribution in [0.15, 0.2) is 30.5 Å². The molecule has 0 unspecified atom stereocenters. The first-order chi connectivity index (χ1) is 10.2. The lowest BCUT2D eigenvalue weighted by Gasteiger charge is -2.21. The van der Waals surface area contributed by atoms with Gasteiger partial charge in [0.1, 0.15) is 5.82 Å². The summed E-state index contributed by atoms with van der Waals surface area (Å²) in [6.45, 7) is 0.575. The van der Waals surface area contributed by atoms with Gasteiger partial charge < -0.3 is 10.0 Å². The van der Waals surface area contributed by atoms with Crippen LogP contribution in [0, 0.1) is 5.82 Å². The Labute approximate surface area is 120 Å². The Hall–Kier alpha value is -2.28. The largest absolute Gasteiger partial charge is 0.394 e. The highest BCUT2D eigenvalue weighted by Crippen LogP contribution is 2.19. The predicted molar refractivity (Wildman–Crippen MR) is 72.5 cm³/mol. The van der Waals surface area contributed by atoms with Crippen LogP contribution < -0.4 is 0 Å². The molecule has 6 nitrogen and oxygen atoms in total. The van der Waals surface area contributed by atoms with E-state index in [9.17, 15) is 14.3 Å². The number of aliphatic hydroxyl groups excluding tert-OH is 1. The molecule has 0 saturated carbocycles. The van der Waals surface area contributed by atoms with Crippen LogP contribution in [0.1, 0.15) is 23.3 Å². The first kappa shape index (κ1) is 13.7. The van der Waals surface area contributed by atoms with Gasteiger partial charge in [0.2, 0.25) is 0 Å². The maximum Gasteiger partial charge on any atom is 0.276 e. The third-order valence-corrected chi connectivity index (χ3v) is 3.62. The van der Waals surface area contributed by atoms with Crippen LogP contribution >= 0.6 is 0 Å². The van der Waals surface area contributed by atoms with Crippen LogP contribution in [0.5, 0.6) is 0 Å². The molecule has 3 rings (SSSR count). The summed E-state index contributed by atoms with van der Waals surface area (Å²) in [5.41, 5.74) is 0.801. The van der Waals surface area contributed by atoms with E-state index in [1.54, 1.807) is 4.90 Å². The Balaban J connectivity index is 1.81. The molecule has 1 aromatic heterocycles. The molecular formula is C14H15FN4O2. The summed E-state index contributed by atoms with van der Waals surface area (Å²) in [5, 5.41) is 17.4. The zero-order valence-corrected chi connectivity index (χ0v) is 11.3. The summed E-state index contributed by atoms with van der Waals surface area (Å²) < 4.78 is 12.9. The molecule has 21 heavy (non-hydrogen) atoms. The van der Waals surface area contributed by atoms with Crippen molar-refractivity contribution in [2.75, 3.05) is 13.2 Å². The fourth-order valence-electron chi connectivity index (χ4n) is 2.50. The fourth-order valence-corrected chi connectivity index (χ4v) is 2.50. The molecule has 1 N–H and O–H groups in total. The van der Waals surface area contributed by atoms with E-state index in [2.05, 4.69) is 10.2 Å². The first-order valence-electron chi connectivity index (χ1n) is 6.79. The first-order valence-corrected chi connectivity index (χ1v) is 6.79. The number of aromatic nitrogens is 3. The highest BCUT2D eigenvalue weighted by molar-refractivity contribution is 5.92. The van der Waals surface area contributed by atoms with Crippen molar-refractivity contribution in [1.29, 1.82) is 0 Å². The third-order valence-electron chi connectivity index (χ3n) is 3.62. The number of carbonyl (C=O) groups excluding carboxylic acids is 1. The second-order valence-corrected chi connectivity index (χ2v) is 4.97. The Morgan fingerprint density at radius 2 is 2.14 bits per heavy atom. The van der Waals surface area contributed by atoms with Gasteiger partial charge in [0.05, 0.1) is 24.5 Å². The number of aliphatic hydroxyl groups is 1. The predicted octanol–water partition coefficient (Wildman–Crippen LogP) is 1.00. The zero-order chi connectivity index (χ0) is 14.8. The van der Waals surface area contributed by atoms with Gasteiger partial charge in [0, 0.05) is 6.54 Å². The number of nitrogens with zero attached hydrogens (tertiary/aromatic N) is 4. The molecule has 0 spiro atoms. The Morgan fingerprint density at radius 3 is 2.86 bits per heavy atom. The standard InChI is InChI=1S/C14H15FN4O2/c15-10-3-5-11(6-4-10)19-16-8-13(17-19)14(21)18-7-1-2-12(18)9-20/h3-6,8,12,20H,1-2,7,9H2/t12-/m0/s1. The van der Waals surface area contributed by atoms with Crippen molar-refractivity contribution >= 4 is 5.91 Å². The van der Waals surface area contributed by atoms with Gasteiger partial charge >= 0.3 is 0 Å². The number of hydrogen-bond acceptors (Lipinski definition) is 4. The maximum absolute atomic E-state index is 12.9. The van der Waals surface area contributed by atoms with Crippen molar-refractivity contribution in [2.45, 2.75) is 18.9 Å². The number of carbonyl (C=O) groups is 1. The second kappa shape index (κ2) is 5.61. The molecular weight excluding hydrogens is 275 g/mol. The average molecular weight is 290 g/mol. The summed E-state index contributed by atoms with van der Waals surface area (Å²) >= 11 is 0. The van der Waals surface area contributed by atoms with E-state index in [1.807, 2.05) is 0 Å². The lowest BCUT2D eigenvalue weighted by molar-refractivity contribution is 0.0671. The zero-order valence-electron chi connectivity index (χ0n) is 11.3. The van der Waals surface area contributed by atoms with E-state index in [0.717, 1.165) is 12.8 Å². The van der Waals surface area contributed by atoms with Crippen molar-refractivity contribution in [2.24, 2.45) is 0 Å². The number of likely N-dealkylation sites (tertiary alicyclic amines) is 1. The van der Waals surface area contributed by atoms with Gasteiger partial charge in [-0.1, -0.05) is 0 Å². The van der Waals surface area contributed by atoms with Crippen molar-refractivity contribution in [1.82, 2.24) is 19.9 Å². The lowest BCUT2D eigenvalue weighted by atomic mass is 10.2. The van der Waals surface area contributed by atoms with E-state index in [4.69, 9.17) is 0 Å². The van der Waals surface area contributed by atoms with Crippen molar-refractivity contribution in [3.8, 4) is 5.69 Å². The summed E-state index contributed by atoms with van der Waals surface area (Å²) in [6, 6.07) is 5.55. The van der Waals surface area contributed by atoms with Crippen LogP contribution in [0.4, 0.5) is 4.39 Å². The van der Waals surface area contributed by atoms with Gasteiger partial charge in [-0.15, -0.1) is 5.10 Å². The van der Waals surface area contributed by atoms with Crippen LogP contribution in [-0.4, -0.2) is 50.1 Å². The molecule has 1 saturated heterocycles. The molecule has 1 fully saturated rings. The number of hydrogen-bond donors (Lipinski definition) is 1. The van der Waals surface area contributed by atoms with Gasteiger partial charge in [0.25, 0.3) is 5.91 Å². The molecule has 0 aliphatic carbocycles. The quantitative estimate of drug-likeness (QED) is 0.915. The molecule has 110 valence electrons. The van der Waals surface area contributed by atoms with Crippen LogP contribution in [0.3, 0.4) is 0 Å². The lowest BCUT2D eigenvalue weighted by Crippen LogP contribution is -2.37. The summed E-state index contributed by atoms with van der Waals surface area (Å²) in [4.78, 5) is 15.3. The van der Waals surface area contributed by atoms with Crippen LogP contribution in [-0.2, 0) is 0 Å². The summed E-state index contributed by atoms with van der Waals surface area (Å²) in [6.07, 6.45) is 3.07. The molecule has 1 aromatic carbocycles. The molecule has 1 amide bonds. The Kier molecular flexibility index (Phi) is 3.66. The smallest absolute Gasteiger partial charge is 0.276 e. The molecule has 1 aliphatic rings. The minimum absolute atomic E-state index is 0.0438. The molecule has 7 heteroatoms. The highest BCUT2D eigenvalue weighted by atomic mass is 19.1. The second-order valence-electron chi connectivity index (χ2n) is 4.97. The van der Waals surface area contributed by atoms with Crippen molar-refractivity contribution < 1.29 is 14.3 Å². The van der Waals surface area contributed by atoms with Gasteiger partial charge in [-0.2, -0.15) is 9.90 Å². The summed E-state index contributed by atoms with van der Waals surface area (Å²) in [5.74, 6) is -0.579. The van der Waals surface area contributed by atoms with Crippen molar-refractivity contribution in [3.05, 3.63) is 42.0 Å². The summed E-state index contributed by atoms with van der Waals surface area (Å²) in [7, 11) is 0. The van der Waals surface area contributed by atoms with E-state index >= 15 is 0 Å². The maximum atomic E-state index is 12.9. The number of halogens is 1. The van der Waals surface area contributed by atoms with Crippen LogP contribution in [0.25, 0.3) is 5.69 Å². The average Bonchev–Trinajstić information content (AvgIpc) is 3.16. The van der Waals surface area contributed by atoms with Gasteiger partial charge in [-0.25, -0.2) is 4.39 Å². The van der Waals surface area contributed by atoms with E-state index < -0.39 is 0 Å². The molecule has 1 aliphatic heterocycles. The number of amides is 1. The van der Waals surface area contributed by atoms with E-state index in [-0.39, 0.29) is 30.1 Å². The van der Waals surface area contributed by atoms with E-state index in [1.165, 1.54) is 35.3 Å². The minimum Gasteiger partial charge on any atom is -0.394 e. The molecule has 2 heterocycles. The van der Waals surface area contributed by atoms with Crippen LogP contribution in [0.2, 0.25) is 0 Å². The monoisotopic (exact) mass is 290 g/mol. The fraction of sp³-hybridized carbons (Fsp3) is 0.357. The Bertz CT molecular complexity index is 641. The van der Waals surface area contributed by atoms with Gasteiger partial charge in [-0.05, 0) is 37.1 Å². The topological polar surface area (TPSA) is 71.2 Å². The van der Waals surface area contributed by atoms with Crippen molar-refractivity contribution in [3.63, 3.8) is 0 Å². The van der Waals surface area contributed by atoms with Gasteiger partial charge in [0.15, 0.2) is 5.69 Å².